The van der Waals surface area contributed by atoms with E-state index in [-0.39, 0.29) is 11.8 Å². The molecular formula is C14H28N2O6. The summed E-state index contributed by atoms with van der Waals surface area (Å²) >= 11 is 0. The Morgan fingerprint density at radius 3 is 2.14 bits per heavy atom. The third-order valence-corrected chi connectivity index (χ3v) is 3.19. The second-order valence-corrected chi connectivity index (χ2v) is 6.49. The molecule has 8 nitrogen and oxygen atoms in total. The number of carbonyl (C=O) groups is 2. The SMILES string of the molecule is CO[C@@H](C(=O)NCC(N)=O)[C@H](O)[C@@H](O)[C@H](O)CCC(C)(C)C. The van der Waals surface area contributed by atoms with Crippen molar-refractivity contribution >= 4 is 11.8 Å². The number of nitrogens with one attached hydrogen (secondary N) is 1. The molecule has 0 aliphatic rings. The van der Waals surface area contributed by atoms with Crippen LogP contribution in [-0.2, 0) is 14.3 Å². The molecule has 2 amide bonds. The summed E-state index contributed by atoms with van der Waals surface area (Å²) in [6, 6.07) is 0. The molecule has 0 unspecified atom stereocenters. The molecule has 0 saturated heterocycles. The molecule has 0 heterocycles. The Hall–Kier alpha value is -1.22. The summed E-state index contributed by atoms with van der Waals surface area (Å²) in [5.41, 5.74) is 4.86. The summed E-state index contributed by atoms with van der Waals surface area (Å²) < 4.78 is 4.84. The highest BCUT2D eigenvalue weighted by molar-refractivity contribution is 5.86. The summed E-state index contributed by atoms with van der Waals surface area (Å²) in [4.78, 5) is 22.4. The van der Waals surface area contributed by atoms with Gasteiger partial charge in [0.15, 0.2) is 6.10 Å². The van der Waals surface area contributed by atoms with Crippen LogP contribution in [0, 0.1) is 5.41 Å². The first-order valence-electron chi connectivity index (χ1n) is 7.12. The minimum absolute atomic E-state index is 0.0365. The molecule has 0 radical (unpaired) electrons. The predicted octanol–water partition coefficient (Wildman–Crippen LogP) is -1.49. The summed E-state index contributed by atoms with van der Waals surface area (Å²) in [7, 11) is 1.17. The van der Waals surface area contributed by atoms with E-state index in [1.807, 2.05) is 20.8 Å². The van der Waals surface area contributed by atoms with Crippen molar-refractivity contribution in [2.75, 3.05) is 13.7 Å². The van der Waals surface area contributed by atoms with Crippen LogP contribution in [0.2, 0.25) is 0 Å². The van der Waals surface area contributed by atoms with Crippen LogP contribution in [0.25, 0.3) is 0 Å². The zero-order valence-corrected chi connectivity index (χ0v) is 13.6. The van der Waals surface area contributed by atoms with E-state index in [2.05, 4.69) is 5.32 Å². The van der Waals surface area contributed by atoms with E-state index in [9.17, 15) is 24.9 Å². The van der Waals surface area contributed by atoms with E-state index in [0.717, 1.165) is 0 Å². The van der Waals surface area contributed by atoms with E-state index in [1.165, 1.54) is 7.11 Å². The van der Waals surface area contributed by atoms with Gasteiger partial charge in [-0.2, -0.15) is 0 Å². The topological polar surface area (TPSA) is 142 Å². The standard InChI is InChI=1S/C14H28N2O6/c1-14(2,3)6-5-8(17)10(19)11(20)12(22-4)13(21)16-7-9(15)18/h8,10-12,17,19-20H,5-7H2,1-4H3,(H2,15,18)(H,16,21)/t8-,10+,11-,12-/m1/s1. The summed E-state index contributed by atoms with van der Waals surface area (Å²) in [6.45, 7) is 5.54. The highest BCUT2D eigenvalue weighted by atomic mass is 16.5. The van der Waals surface area contributed by atoms with Crippen LogP contribution in [0.15, 0.2) is 0 Å². The molecule has 0 aromatic carbocycles. The second kappa shape index (κ2) is 9.04. The molecule has 22 heavy (non-hydrogen) atoms. The van der Waals surface area contributed by atoms with Gasteiger partial charge in [-0.05, 0) is 18.3 Å². The van der Waals surface area contributed by atoms with Gasteiger partial charge in [0.05, 0.1) is 12.6 Å². The quantitative estimate of drug-likeness (QED) is 0.350. The fourth-order valence-corrected chi connectivity index (χ4v) is 1.83. The highest BCUT2D eigenvalue weighted by Gasteiger charge is 2.36. The molecule has 4 atom stereocenters. The summed E-state index contributed by atoms with van der Waals surface area (Å²) in [5.74, 6) is -1.54. The van der Waals surface area contributed by atoms with Crippen LogP contribution in [-0.4, -0.2) is 65.2 Å². The number of ether oxygens (including phenoxy) is 1. The molecule has 0 bridgehead atoms. The molecule has 0 aliphatic heterocycles. The second-order valence-electron chi connectivity index (χ2n) is 6.49. The molecule has 0 spiro atoms. The Morgan fingerprint density at radius 2 is 1.73 bits per heavy atom. The van der Waals surface area contributed by atoms with E-state index >= 15 is 0 Å². The van der Waals surface area contributed by atoms with Crippen molar-refractivity contribution in [2.24, 2.45) is 11.1 Å². The number of hydrogen-bond donors (Lipinski definition) is 5. The van der Waals surface area contributed by atoms with Crippen LogP contribution < -0.4 is 11.1 Å². The normalized spacial score (nSPS) is 17.4. The Kier molecular flexibility index (Phi) is 8.54. The number of methoxy groups -OCH3 is 1. The molecule has 130 valence electrons. The first-order valence-corrected chi connectivity index (χ1v) is 7.12. The van der Waals surface area contributed by atoms with Crippen molar-refractivity contribution in [3.05, 3.63) is 0 Å². The minimum atomic E-state index is -1.63. The molecule has 0 rings (SSSR count). The number of rotatable bonds is 9. The number of amides is 2. The lowest BCUT2D eigenvalue weighted by Crippen LogP contribution is -2.52. The highest BCUT2D eigenvalue weighted by Crippen LogP contribution is 2.23. The molecule has 0 aliphatic carbocycles. The average Bonchev–Trinajstić information content (AvgIpc) is 2.41. The predicted molar refractivity (Wildman–Crippen MR) is 79.7 cm³/mol. The van der Waals surface area contributed by atoms with Gasteiger partial charge >= 0.3 is 0 Å². The number of aliphatic hydroxyl groups excluding tert-OH is 3. The van der Waals surface area contributed by atoms with Gasteiger partial charge in [0.25, 0.3) is 5.91 Å². The fraction of sp³-hybridized carbons (Fsp3) is 0.857. The Bertz CT molecular complexity index is 369. The van der Waals surface area contributed by atoms with E-state index in [0.29, 0.717) is 6.42 Å². The summed E-state index contributed by atoms with van der Waals surface area (Å²) in [5, 5.41) is 32.1. The van der Waals surface area contributed by atoms with Crippen LogP contribution in [0.1, 0.15) is 33.6 Å². The van der Waals surface area contributed by atoms with Gasteiger partial charge in [-0.15, -0.1) is 0 Å². The Labute approximate surface area is 130 Å². The van der Waals surface area contributed by atoms with Gasteiger partial charge in [-0.3, -0.25) is 9.59 Å². The largest absolute Gasteiger partial charge is 0.390 e. The first-order chi connectivity index (χ1) is 9.99. The average molecular weight is 320 g/mol. The van der Waals surface area contributed by atoms with Gasteiger partial charge in [0, 0.05) is 7.11 Å². The van der Waals surface area contributed by atoms with E-state index in [1.54, 1.807) is 0 Å². The smallest absolute Gasteiger partial charge is 0.252 e. The zero-order valence-electron chi connectivity index (χ0n) is 13.6. The Balaban J connectivity index is 4.63. The first kappa shape index (κ1) is 20.8. The fourth-order valence-electron chi connectivity index (χ4n) is 1.83. The molecule has 0 saturated carbocycles. The number of primary amides is 1. The third-order valence-electron chi connectivity index (χ3n) is 3.19. The number of hydrogen-bond acceptors (Lipinski definition) is 6. The van der Waals surface area contributed by atoms with Gasteiger partial charge in [0.1, 0.15) is 12.2 Å². The lowest BCUT2D eigenvalue weighted by Gasteiger charge is -2.29. The monoisotopic (exact) mass is 320 g/mol. The lowest BCUT2D eigenvalue weighted by atomic mass is 9.87. The van der Waals surface area contributed by atoms with Crippen molar-refractivity contribution in [3.8, 4) is 0 Å². The van der Waals surface area contributed by atoms with Gasteiger partial charge in [0.2, 0.25) is 5.91 Å². The molecule has 6 N–H and O–H groups in total. The van der Waals surface area contributed by atoms with Crippen molar-refractivity contribution in [2.45, 2.75) is 58.0 Å². The number of aliphatic hydroxyl groups is 3. The van der Waals surface area contributed by atoms with E-state index in [4.69, 9.17) is 10.5 Å². The Morgan fingerprint density at radius 1 is 1.18 bits per heavy atom. The molecule has 0 aromatic heterocycles. The van der Waals surface area contributed by atoms with Gasteiger partial charge < -0.3 is 31.1 Å². The number of carbonyl (C=O) groups excluding carboxylic acids is 2. The molecule has 0 fully saturated rings. The lowest BCUT2D eigenvalue weighted by molar-refractivity contribution is -0.152. The minimum Gasteiger partial charge on any atom is -0.390 e. The molecule has 8 heteroatoms. The van der Waals surface area contributed by atoms with Crippen LogP contribution in [0.4, 0.5) is 0 Å². The number of nitrogens with two attached hydrogens (primary N) is 1. The van der Waals surface area contributed by atoms with Crippen LogP contribution in [0.5, 0.6) is 0 Å². The molecular weight excluding hydrogens is 292 g/mol. The van der Waals surface area contributed by atoms with Crippen LogP contribution in [0.3, 0.4) is 0 Å². The van der Waals surface area contributed by atoms with Crippen molar-refractivity contribution in [1.82, 2.24) is 5.32 Å². The van der Waals surface area contributed by atoms with Crippen molar-refractivity contribution < 1.29 is 29.6 Å². The zero-order chi connectivity index (χ0) is 17.5. The van der Waals surface area contributed by atoms with Crippen molar-refractivity contribution in [1.29, 1.82) is 0 Å². The maximum absolute atomic E-state index is 11.8. The van der Waals surface area contributed by atoms with Crippen LogP contribution >= 0.6 is 0 Å². The third kappa shape index (κ3) is 7.69. The molecule has 0 aromatic rings. The summed E-state index contributed by atoms with van der Waals surface area (Å²) in [6.07, 6.45) is -4.90. The maximum atomic E-state index is 11.8. The maximum Gasteiger partial charge on any atom is 0.252 e. The van der Waals surface area contributed by atoms with Gasteiger partial charge in [-0.1, -0.05) is 20.8 Å². The van der Waals surface area contributed by atoms with Gasteiger partial charge in [-0.25, -0.2) is 0 Å². The van der Waals surface area contributed by atoms with E-state index < -0.39 is 42.8 Å². The van der Waals surface area contributed by atoms with Crippen molar-refractivity contribution in [3.63, 3.8) is 0 Å².